The average molecular weight is 312 g/mol. The van der Waals surface area contributed by atoms with Crippen LogP contribution in [0.4, 0.5) is 4.79 Å². The average Bonchev–Trinajstić information content (AvgIpc) is 3.13. The Morgan fingerprint density at radius 3 is 2.83 bits per heavy atom. The third-order valence-electron chi connectivity index (χ3n) is 5.60. The number of nitrogens with zero attached hydrogens (tertiary/aromatic N) is 1. The first-order chi connectivity index (χ1) is 11.1. The second-order valence-electron chi connectivity index (χ2n) is 6.39. The summed E-state index contributed by atoms with van der Waals surface area (Å²) in [7, 11) is 3.02. The molecule has 1 aromatic rings. The number of alkyl carbamates (subject to hydrolysis) is 1. The molecule has 2 unspecified atom stereocenters. The number of allylic oxidation sites excluding steroid dienone is 2. The Labute approximate surface area is 135 Å². The van der Waals surface area contributed by atoms with Crippen LogP contribution in [0.1, 0.15) is 31.0 Å². The summed E-state index contributed by atoms with van der Waals surface area (Å²) in [4.78, 5) is 16.8. The molecule has 23 heavy (non-hydrogen) atoms. The van der Waals surface area contributed by atoms with Crippen molar-refractivity contribution in [3.05, 3.63) is 46.7 Å². The zero-order valence-electron chi connectivity index (χ0n) is 13.7. The molecule has 1 heterocycles. The van der Waals surface area contributed by atoms with Gasteiger partial charge in [0.25, 0.3) is 0 Å². The summed E-state index contributed by atoms with van der Waals surface area (Å²) in [6.45, 7) is 4.17. The normalized spacial score (nSPS) is 34.3. The molecule has 120 valence electrons. The molecule has 1 saturated carbocycles. The van der Waals surface area contributed by atoms with E-state index in [1.165, 1.54) is 18.3 Å². The molecule has 4 bridgehead atoms. The van der Waals surface area contributed by atoms with Crippen molar-refractivity contribution < 1.29 is 14.3 Å². The molecule has 1 fully saturated rings. The number of hydrogen-bond acceptors (Lipinski definition) is 4. The van der Waals surface area contributed by atoms with Gasteiger partial charge < -0.3 is 14.8 Å². The molecule has 1 amide bonds. The Kier molecular flexibility index (Phi) is 2.86. The van der Waals surface area contributed by atoms with Crippen molar-refractivity contribution in [1.29, 1.82) is 0 Å². The Morgan fingerprint density at radius 1 is 1.39 bits per heavy atom. The maximum absolute atomic E-state index is 12.1. The van der Waals surface area contributed by atoms with Crippen molar-refractivity contribution in [2.75, 3.05) is 14.2 Å². The van der Waals surface area contributed by atoms with Gasteiger partial charge in [0.1, 0.15) is 0 Å². The molecule has 1 N–H and O–H groups in total. The highest BCUT2D eigenvalue weighted by Crippen LogP contribution is 2.70. The van der Waals surface area contributed by atoms with Gasteiger partial charge in [0.15, 0.2) is 0 Å². The third kappa shape index (κ3) is 1.52. The minimum atomic E-state index is -0.537. The fraction of sp³-hybridized carbons (Fsp3) is 0.444. The van der Waals surface area contributed by atoms with Gasteiger partial charge in [-0.3, -0.25) is 0 Å². The third-order valence-corrected chi connectivity index (χ3v) is 5.60. The number of carbonyl (C=O) groups is 1. The summed E-state index contributed by atoms with van der Waals surface area (Å²) >= 11 is 0. The number of fused-ring (bicyclic) bond motifs is 2. The van der Waals surface area contributed by atoms with Crippen LogP contribution >= 0.6 is 0 Å². The van der Waals surface area contributed by atoms with Gasteiger partial charge in [0.2, 0.25) is 5.88 Å². The van der Waals surface area contributed by atoms with E-state index in [9.17, 15) is 4.79 Å². The van der Waals surface area contributed by atoms with E-state index in [-0.39, 0.29) is 17.8 Å². The van der Waals surface area contributed by atoms with Crippen molar-refractivity contribution >= 4 is 6.09 Å². The van der Waals surface area contributed by atoms with Gasteiger partial charge in [-0.2, -0.15) is 0 Å². The first-order valence-corrected chi connectivity index (χ1v) is 7.85. The highest BCUT2D eigenvalue weighted by Gasteiger charge is 2.68. The summed E-state index contributed by atoms with van der Waals surface area (Å²) in [6.07, 6.45) is 4.03. The lowest BCUT2D eigenvalue weighted by atomic mass is 9.73. The summed E-state index contributed by atoms with van der Waals surface area (Å²) in [6, 6.07) is 3.89. The van der Waals surface area contributed by atoms with Gasteiger partial charge >= 0.3 is 6.09 Å². The van der Waals surface area contributed by atoms with Crippen LogP contribution in [0.3, 0.4) is 0 Å². The van der Waals surface area contributed by atoms with Crippen LogP contribution in [0, 0.1) is 11.8 Å². The molecular formula is C18H20N2O3. The van der Waals surface area contributed by atoms with Gasteiger partial charge in [0.05, 0.1) is 25.5 Å². The van der Waals surface area contributed by atoms with Crippen molar-refractivity contribution in [3.8, 4) is 5.88 Å². The standard InChI is InChI=1S/C18H20N2O3/c1-5-11-10-8-9(2)15-14(10)16-12(6-7-13(19-16)22-3)18(11,15)20-17(21)23-4/h5-8,10,14-15H,1-4H3,(H,20,21)/t10-,14?,15?,18-/m1/s1. The van der Waals surface area contributed by atoms with Crippen molar-refractivity contribution in [3.63, 3.8) is 0 Å². The van der Waals surface area contributed by atoms with Crippen LogP contribution in [0.15, 0.2) is 35.4 Å². The summed E-state index contributed by atoms with van der Waals surface area (Å²) < 4.78 is 10.2. The number of rotatable bonds is 2. The Balaban J connectivity index is 1.96. The number of hydrogen-bond donors (Lipinski definition) is 1. The predicted octanol–water partition coefficient (Wildman–Crippen LogP) is 2.89. The Morgan fingerprint density at radius 2 is 2.17 bits per heavy atom. The smallest absolute Gasteiger partial charge is 0.407 e. The van der Waals surface area contributed by atoms with Crippen LogP contribution in [0.5, 0.6) is 5.88 Å². The van der Waals surface area contributed by atoms with Gasteiger partial charge in [-0.1, -0.05) is 17.7 Å². The number of methoxy groups -OCH3 is 2. The monoisotopic (exact) mass is 312 g/mol. The van der Waals surface area contributed by atoms with E-state index in [4.69, 9.17) is 14.5 Å². The molecule has 0 radical (unpaired) electrons. The summed E-state index contributed by atoms with van der Waals surface area (Å²) in [5.41, 5.74) is 4.11. The number of nitrogens with one attached hydrogen (secondary N) is 1. The number of amides is 1. The quantitative estimate of drug-likeness (QED) is 0.853. The maximum atomic E-state index is 12.1. The molecule has 4 atom stereocenters. The molecule has 0 spiro atoms. The lowest BCUT2D eigenvalue weighted by Gasteiger charge is -2.39. The number of ether oxygens (including phenoxy) is 2. The summed E-state index contributed by atoms with van der Waals surface area (Å²) in [5.74, 6) is 1.37. The first kappa shape index (κ1) is 14.3. The molecule has 3 aliphatic carbocycles. The SMILES string of the molecule is CC=C1[C@H]2C=C(C)C3C2c2nc(OC)ccc2[C@]13NC(=O)OC. The molecule has 5 nitrogen and oxygen atoms in total. The van der Waals surface area contributed by atoms with Crippen LogP contribution in [0.2, 0.25) is 0 Å². The zero-order chi connectivity index (χ0) is 16.4. The van der Waals surface area contributed by atoms with Gasteiger partial charge in [-0.25, -0.2) is 9.78 Å². The van der Waals surface area contributed by atoms with Gasteiger partial charge in [0, 0.05) is 29.4 Å². The molecule has 5 heteroatoms. The van der Waals surface area contributed by atoms with E-state index >= 15 is 0 Å². The van der Waals surface area contributed by atoms with E-state index in [0.29, 0.717) is 5.88 Å². The molecule has 0 aliphatic heterocycles. The minimum Gasteiger partial charge on any atom is -0.481 e. The zero-order valence-corrected chi connectivity index (χ0v) is 13.7. The lowest BCUT2D eigenvalue weighted by molar-refractivity contribution is 0.155. The fourth-order valence-corrected chi connectivity index (χ4v) is 4.98. The highest BCUT2D eigenvalue weighted by atomic mass is 16.5. The van der Waals surface area contributed by atoms with Crippen molar-refractivity contribution in [1.82, 2.24) is 10.3 Å². The molecule has 1 aromatic heterocycles. The molecule has 0 saturated heterocycles. The lowest BCUT2D eigenvalue weighted by Crippen LogP contribution is -2.50. The van der Waals surface area contributed by atoms with Gasteiger partial charge in [-0.15, -0.1) is 0 Å². The van der Waals surface area contributed by atoms with Gasteiger partial charge in [-0.05, 0) is 25.5 Å². The Hall–Kier alpha value is -2.30. The second-order valence-corrected chi connectivity index (χ2v) is 6.39. The fourth-order valence-electron chi connectivity index (χ4n) is 4.98. The Bertz CT molecular complexity index is 768. The van der Waals surface area contributed by atoms with Crippen LogP contribution in [-0.2, 0) is 10.3 Å². The van der Waals surface area contributed by atoms with Crippen molar-refractivity contribution in [2.24, 2.45) is 11.8 Å². The molecular weight excluding hydrogens is 292 g/mol. The number of pyridine rings is 1. The van der Waals surface area contributed by atoms with E-state index in [0.717, 1.165) is 11.3 Å². The summed E-state index contributed by atoms with van der Waals surface area (Å²) in [5, 5.41) is 3.14. The van der Waals surface area contributed by atoms with Crippen LogP contribution in [0.25, 0.3) is 0 Å². The molecule has 4 rings (SSSR count). The van der Waals surface area contributed by atoms with E-state index < -0.39 is 11.6 Å². The van der Waals surface area contributed by atoms with E-state index in [1.54, 1.807) is 7.11 Å². The van der Waals surface area contributed by atoms with Crippen molar-refractivity contribution in [2.45, 2.75) is 25.3 Å². The first-order valence-electron chi connectivity index (χ1n) is 7.85. The maximum Gasteiger partial charge on any atom is 0.407 e. The highest BCUT2D eigenvalue weighted by molar-refractivity contribution is 5.74. The van der Waals surface area contributed by atoms with Crippen LogP contribution in [-0.4, -0.2) is 25.3 Å². The van der Waals surface area contributed by atoms with Crippen LogP contribution < -0.4 is 10.1 Å². The molecule has 3 aliphatic rings. The predicted molar refractivity (Wildman–Crippen MR) is 85.2 cm³/mol. The minimum absolute atomic E-state index is 0.201. The second kappa shape index (κ2) is 4.60. The number of aromatic nitrogens is 1. The van der Waals surface area contributed by atoms with E-state index in [2.05, 4.69) is 24.4 Å². The topological polar surface area (TPSA) is 60.5 Å². The number of carbonyl (C=O) groups excluding carboxylic acids is 1. The molecule has 0 aromatic carbocycles. The van der Waals surface area contributed by atoms with E-state index in [1.807, 2.05) is 19.1 Å². The largest absolute Gasteiger partial charge is 0.481 e.